The van der Waals surface area contributed by atoms with E-state index in [1.165, 1.54) is 0 Å². The van der Waals surface area contributed by atoms with Crippen LogP contribution in [0.25, 0.3) is 17.6 Å². The van der Waals surface area contributed by atoms with Crippen molar-refractivity contribution in [1.82, 2.24) is 15.1 Å². The van der Waals surface area contributed by atoms with Crippen LogP contribution in [-0.2, 0) is 4.74 Å². The van der Waals surface area contributed by atoms with Crippen LogP contribution in [0.3, 0.4) is 0 Å². The molecular weight excluding hydrogens is 298 g/mol. The highest BCUT2D eigenvalue weighted by Gasteiger charge is 2.24. The number of rotatable bonds is 4. The van der Waals surface area contributed by atoms with E-state index in [4.69, 9.17) is 9.26 Å². The number of thiazole rings is 1. The van der Waals surface area contributed by atoms with Gasteiger partial charge in [0.15, 0.2) is 0 Å². The lowest BCUT2D eigenvalue weighted by Crippen LogP contribution is -2.24. The van der Waals surface area contributed by atoms with Crippen molar-refractivity contribution in [3.05, 3.63) is 22.4 Å². The molecule has 3 heterocycles. The fraction of sp³-hybridized carbons (Fsp3) is 0.562. The molecule has 0 atom stereocenters. The standard InChI is InChI=1S/C16H21N3O2S/c1-11(2)15-17-12(10-22-15)14-18-13(21-19-14)4-5-16(3)6-8-20-9-7-16/h4-5,10-11H,6-9H2,1-3H3/b5-4+. The second-order valence-corrected chi connectivity index (χ2v) is 7.17. The van der Waals surface area contributed by atoms with Gasteiger partial charge in [-0.05, 0) is 24.3 Å². The number of allylic oxidation sites excluding steroid dienone is 1. The minimum absolute atomic E-state index is 0.151. The van der Waals surface area contributed by atoms with Gasteiger partial charge in [0.25, 0.3) is 5.89 Å². The van der Waals surface area contributed by atoms with Crippen LogP contribution in [-0.4, -0.2) is 28.3 Å². The van der Waals surface area contributed by atoms with Gasteiger partial charge >= 0.3 is 0 Å². The minimum atomic E-state index is 0.151. The molecule has 1 fully saturated rings. The molecule has 0 bridgehead atoms. The molecule has 0 spiro atoms. The summed E-state index contributed by atoms with van der Waals surface area (Å²) in [7, 11) is 0. The van der Waals surface area contributed by atoms with Crippen LogP contribution < -0.4 is 0 Å². The highest BCUT2D eigenvalue weighted by molar-refractivity contribution is 7.10. The Kier molecular flexibility index (Phi) is 4.40. The highest BCUT2D eigenvalue weighted by atomic mass is 32.1. The largest absolute Gasteiger partial charge is 0.381 e. The Balaban J connectivity index is 1.73. The molecule has 118 valence electrons. The van der Waals surface area contributed by atoms with Crippen molar-refractivity contribution < 1.29 is 9.26 Å². The second-order valence-electron chi connectivity index (χ2n) is 6.28. The van der Waals surface area contributed by atoms with E-state index >= 15 is 0 Å². The summed E-state index contributed by atoms with van der Waals surface area (Å²) in [5, 5.41) is 7.10. The van der Waals surface area contributed by atoms with Crippen molar-refractivity contribution in [2.24, 2.45) is 5.41 Å². The predicted molar refractivity (Wildman–Crippen MR) is 86.7 cm³/mol. The SMILES string of the molecule is CC(C)c1nc(-c2noc(/C=C/C3(C)CCOCC3)n2)cs1. The maximum absolute atomic E-state index is 5.41. The van der Waals surface area contributed by atoms with Crippen molar-refractivity contribution in [2.75, 3.05) is 13.2 Å². The monoisotopic (exact) mass is 319 g/mol. The maximum atomic E-state index is 5.41. The van der Waals surface area contributed by atoms with E-state index in [1.54, 1.807) is 11.3 Å². The smallest absolute Gasteiger partial charge is 0.250 e. The van der Waals surface area contributed by atoms with Gasteiger partial charge in [0.2, 0.25) is 5.82 Å². The lowest BCUT2D eigenvalue weighted by atomic mass is 9.82. The van der Waals surface area contributed by atoms with Gasteiger partial charge in [-0.2, -0.15) is 4.98 Å². The van der Waals surface area contributed by atoms with Crippen molar-refractivity contribution in [1.29, 1.82) is 0 Å². The normalized spacial score (nSPS) is 18.4. The van der Waals surface area contributed by atoms with Crippen LogP contribution in [0, 0.1) is 5.41 Å². The molecule has 1 aliphatic rings. The molecule has 2 aromatic heterocycles. The topological polar surface area (TPSA) is 61.0 Å². The third-order valence-electron chi connectivity index (χ3n) is 3.95. The lowest BCUT2D eigenvalue weighted by molar-refractivity contribution is 0.0452. The molecule has 0 aliphatic carbocycles. The third-order valence-corrected chi connectivity index (χ3v) is 5.10. The first-order valence-corrected chi connectivity index (χ1v) is 8.50. The van der Waals surface area contributed by atoms with E-state index in [-0.39, 0.29) is 5.41 Å². The van der Waals surface area contributed by atoms with Gasteiger partial charge in [0, 0.05) is 24.5 Å². The molecule has 0 saturated carbocycles. The molecular formula is C16H21N3O2S. The summed E-state index contributed by atoms with van der Waals surface area (Å²) in [5.41, 5.74) is 0.938. The first-order valence-electron chi connectivity index (χ1n) is 7.62. The fourth-order valence-corrected chi connectivity index (χ4v) is 3.15. The van der Waals surface area contributed by atoms with E-state index in [0.717, 1.165) is 36.8 Å². The first kappa shape index (κ1) is 15.4. The van der Waals surface area contributed by atoms with E-state index in [2.05, 4.69) is 42.0 Å². The van der Waals surface area contributed by atoms with Gasteiger partial charge in [-0.15, -0.1) is 11.3 Å². The Morgan fingerprint density at radius 1 is 1.27 bits per heavy atom. The zero-order valence-electron chi connectivity index (χ0n) is 13.2. The third kappa shape index (κ3) is 3.44. The Morgan fingerprint density at radius 3 is 2.73 bits per heavy atom. The molecule has 0 radical (unpaired) electrons. The maximum Gasteiger partial charge on any atom is 0.250 e. The number of aromatic nitrogens is 3. The minimum Gasteiger partial charge on any atom is -0.381 e. The fourth-order valence-electron chi connectivity index (χ4n) is 2.34. The number of hydrogen-bond donors (Lipinski definition) is 0. The summed E-state index contributed by atoms with van der Waals surface area (Å²) in [4.78, 5) is 8.97. The van der Waals surface area contributed by atoms with E-state index in [1.807, 2.05) is 11.5 Å². The lowest BCUT2D eigenvalue weighted by Gasteiger charge is -2.30. The summed E-state index contributed by atoms with van der Waals surface area (Å²) < 4.78 is 10.7. The van der Waals surface area contributed by atoms with Crippen molar-refractivity contribution in [3.63, 3.8) is 0 Å². The highest BCUT2D eigenvalue weighted by Crippen LogP contribution is 2.32. The molecule has 6 heteroatoms. The van der Waals surface area contributed by atoms with Gasteiger partial charge in [-0.25, -0.2) is 4.98 Å². The molecule has 0 unspecified atom stereocenters. The van der Waals surface area contributed by atoms with Gasteiger partial charge in [-0.3, -0.25) is 0 Å². The van der Waals surface area contributed by atoms with Gasteiger partial charge in [0.1, 0.15) is 5.69 Å². The zero-order chi connectivity index (χ0) is 15.6. The van der Waals surface area contributed by atoms with Crippen molar-refractivity contribution >= 4 is 17.4 Å². The number of ether oxygens (including phenoxy) is 1. The van der Waals surface area contributed by atoms with Crippen LogP contribution >= 0.6 is 11.3 Å². The van der Waals surface area contributed by atoms with E-state index < -0.39 is 0 Å². The summed E-state index contributed by atoms with van der Waals surface area (Å²) >= 11 is 1.63. The Bertz CT molecular complexity index is 654. The number of hydrogen-bond acceptors (Lipinski definition) is 6. The van der Waals surface area contributed by atoms with Crippen LogP contribution in [0.15, 0.2) is 16.0 Å². The average molecular weight is 319 g/mol. The van der Waals surface area contributed by atoms with Crippen LogP contribution in [0.5, 0.6) is 0 Å². The summed E-state index contributed by atoms with van der Waals surface area (Å²) in [5.74, 6) is 1.50. The molecule has 2 aromatic rings. The summed E-state index contributed by atoms with van der Waals surface area (Å²) in [6, 6.07) is 0. The predicted octanol–water partition coefficient (Wildman–Crippen LogP) is 4.15. The zero-order valence-corrected chi connectivity index (χ0v) is 14.0. The molecule has 1 saturated heterocycles. The van der Waals surface area contributed by atoms with E-state index in [9.17, 15) is 0 Å². The van der Waals surface area contributed by atoms with E-state index in [0.29, 0.717) is 17.6 Å². The molecule has 0 amide bonds. The Morgan fingerprint density at radius 2 is 2.05 bits per heavy atom. The molecule has 5 nitrogen and oxygen atoms in total. The van der Waals surface area contributed by atoms with Gasteiger partial charge in [0.05, 0.1) is 5.01 Å². The Labute approximate surface area is 134 Å². The van der Waals surface area contributed by atoms with Crippen molar-refractivity contribution in [2.45, 2.75) is 39.5 Å². The van der Waals surface area contributed by atoms with Gasteiger partial charge in [-0.1, -0.05) is 32.0 Å². The molecule has 0 N–H and O–H groups in total. The molecule has 1 aliphatic heterocycles. The number of nitrogens with zero attached hydrogens (tertiary/aromatic N) is 3. The van der Waals surface area contributed by atoms with Crippen molar-refractivity contribution in [3.8, 4) is 11.5 Å². The molecule has 3 rings (SSSR count). The van der Waals surface area contributed by atoms with Crippen LogP contribution in [0.4, 0.5) is 0 Å². The average Bonchev–Trinajstić information content (AvgIpc) is 3.15. The first-order chi connectivity index (χ1) is 10.6. The molecule has 22 heavy (non-hydrogen) atoms. The summed E-state index contributed by atoms with van der Waals surface area (Å²) in [6.45, 7) is 8.11. The second kappa shape index (κ2) is 6.30. The van der Waals surface area contributed by atoms with Gasteiger partial charge < -0.3 is 9.26 Å². The van der Waals surface area contributed by atoms with Crippen LogP contribution in [0.2, 0.25) is 0 Å². The Hall–Kier alpha value is -1.53. The molecule has 0 aromatic carbocycles. The quantitative estimate of drug-likeness (QED) is 0.847. The summed E-state index contributed by atoms with van der Waals surface area (Å²) in [6.07, 6.45) is 6.12. The van der Waals surface area contributed by atoms with Crippen LogP contribution in [0.1, 0.15) is 50.4 Å².